The molecule has 4 N–H and O–H groups in total. The number of benzene rings is 3. The van der Waals surface area contributed by atoms with Crippen LogP contribution in [0.5, 0.6) is 0 Å². The Bertz CT molecular complexity index is 1370. The molecule has 0 saturated heterocycles. The predicted molar refractivity (Wildman–Crippen MR) is 159 cm³/mol. The first-order valence-electron chi connectivity index (χ1n) is 12.2. The van der Waals surface area contributed by atoms with Gasteiger partial charge in [0.1, 0.15) is 6.04 Å². The molecule has 0 radical (unpaired) electrons. The van der Waals surface area contributed by atoms with Crippen LogP contribution in [-0.4, -0.2) is 36.5 Å². The molecule has 2 aliphatic heterocycles. The Kier molecular flexibility index (Phi) is 9.16. The summed E-state index contributed by atoms with van der Waals surface area (Å²) >= 11 is 2.20. The SMILES string of the molecule is CCc1cc2ccc1CCOC(=O)Nc1ccc(SI)c(c1)CN(C)C(=O)C2Nc1cccc(C(N)=O)c1. The lowest BCUT2D eigenvalue weighted by molar-refractivity contribution is -0.131. The Hall–Kier alpha value is -3.25. The first-order chi connectivity index (χ1) is 18.3. The molecule has 0 aliphatic carbocycles. The van der Waals surface area contributed by atoms with Crippen molar-refractivity contribution in [3.63, 3.8) is 0 Å². The van der Waals surface area contributed by atoms with Gasteiger partial charge < -0.3 is 20.7 Å². The molecule has 2 aliphatic rings. The number of nitrogens with zero attached hydrogens (tertiary/aromatic N) is 1. The molecule has 3 amide bonds. The molecule has 3 aromatic carbocycles. The van der Waals surface area contributed by atoms with Crippen LogP contribution in [0.25, 0.3) is 0 Å². The van der Waals surface area contributed by atoms with Crippen LogP contribution in [0.1, 0.15) is 45.6 Å². The van der Waals surface area contributed by atoms with Gasteiger partial charge in [-0.2, -0.15) is 0 Å². The Labute approximate surface area is 238 Å². The van der Waals surface area contributed by atoms with Crippen LogP contribution in [0, 0.1) is 0 Å². The van der Waals surface area contributed by atoms with E-state index in [2.05, 4.69) is 38.8 Å². The van der Waals surface area contributed by atoms with E-state index >= 15 is 0 Å². The van der Waals surface area contributed by atoms with Crippen molar-refractivity contribution in [3.05, 3.63) is 88.5 Å². The fourth-order valence-electron chi connectivity index (χ4n) is 4.43. The number of nitrogens with two attached hydrogens (primary N) is 1. The lowest BCUT2D eigenvalue weighted by Gasteiger charge is -2.27. The van der Waals surface area contributed by atoms with Crippen LogP contribution in [-0.2, 0) is 28.9 Å². The number of ether oxygens (including phenoxy) is 1. The number of aryl methyl sites for hydroxylation is 1. The van der Waals surface area contributed by atoms with Gasteiger partial charge in [-0.25, -0.2) is 4.79 Å². The van der Waals surface area contributed by atoms with Gasteiger partial charge in [-0.1, -0.05) is 40.1 Å². The van der Waals surface area contributed by atoms with Gasteiger partial charge in [0.15, 0.2) is 0 Å². The first-order valence-corrected chi connectivity index (χ1v) is 15.5. The van der Waals surface area contributed by atoms with Crippen LogP contribution in [0.15, 0.2) is 65.6 Å². The highest BCUT2D eigenvalue weighted by atomic mass is 127. The van der Waals surface area contributed by atoms with Crippen molar-refractivity contribution >= 4 is 59.4 Å². The van der Waals surface area contributed by atoms with Crippen LogP contribution < -0.4 is 16.4 Å². The molecule has 2 heterocycles. The van der Waals surface area contributed by atoms with Crippen LogP contribution in [0.3, 0.4) is 0 Å². The number of hydrogen-bond acceptors (Lipinski definition) is 6. The number of carbonyl (C=O) groups is 3. The molecule has 4 bridgehead atoms. The molecule has 38 heavy (non-hydrogen) atoms. The predicted octanol–water partition coefficient (Wildman–Crippen LogP) is 5.71. The molecular formula is C28H29IN4O4S. The van der Waals surface area contributed by atoms with Crippen LogP contribution >= 0.6 is 30.1 Å². The molecule has 0 spiro atoms. The highest BCUT2D eigenvalue weighted by Crippen LogP contribution is 2.32. The Morgan fingerprint density at radius 1 is 1.16 bits per heavy atom. The number of rotatable bonds is 5. The highest BCUT2D eigenvalue weighted by Gasteiger charge is 2.26. The fourth-order valence-corrected chi connectivity index (χ4v) is 6.06. The first kappa shape index (κ1) is 27.8. The monoisotopic (exact) mass is 644 g/mol. The molecule has 5 rings (SSSR count). The number of nitrogens with one attached hydrogen (secondary N) is 2. The van der Waals surface area contributed by atoms with E-state index in [1.807, 2.05) is 42.5 Å². The van der Waals surface area contributed by atoms with Gasteiger partial charge in [0.25, 0.3) is 0 Å². The topological polar surface area (TPSA) is 114 Å². The third-order valence-corrected chi connectivity index (χ3v) is 8.42. The fraction of sp³-hybridized carbons (Fsp3) is 0.250. The number of carbonyl (C=O) groups excluding carboxylic acids is 3. The second-order valence-electron chi connectivity index (χ2n) is 9.01. The van der Waals surface area contributed by atoms with Gasteiger partial charge in [-0.3, -0.25) is 14.9 Å². The van der Waals surface area contributed by atoms with Crippen molar-refractivity contribution in [2.75, 3.05) is 24.3 Å². The zero-order chi connectivity index (χ0) is 27.2. The van der Waals surface area contributed by atoms with E-state index in [9.17, 15) is 14.4 Å². The van der Waals surface area contributed by atoms with Crippen molar-refractivity contribution in [2.24, 2.45) is 5.73 Å². The van der Waals surface area contributed by atoms with E-state index in [0.717, 1.165) is 33.6 Å². The summed E-state index contributed by atoms with van der Waals surface area (Å²) in [5.41, 5.74) is 10.9. The maximum absolute atomic E-state index is 14.0. The van der Waals surface area contributed by atoms with E-state index in [1.54, 1.807) is 39.1 Å². The minimum Gasteiger partial charge on any atom is -0.449 e. The quantitative estimate of drug-likeness (QED) is 0.307. The van der Waals surface area contributed by atoms with Gasteiger partial charge >= 0.3 is 6.09 Å². The minimum absolute atomic E-state index is 0.140. The molecule has 1 unspecified atom stereocenters. The average Bonchev–Trinajstić information content (AvgIpc) is 2.91. The van der Waals surface area contributed by atoms with Crippen molar-refractivity contribution < 1.29 is 19.1 Å². The van der Waals surface area contributed by atoms with Crippen molar-refractivity contribution in [1.82, 2.24) is 4.90 Å². The lowest BCUT2D eigenvalue weighted by atomic mass is 9.95. The summed E-state index contributed by atoms with van der Waals surface area (Å²) in [5, 5.41) is 6.13. The highest BCUT2D eigenvalue weighted by molar-refractivity contribution is 14.2. The smallest absolute Gasteiger partial charge is 0.411 e. The molecule has 0 saturated carbocycles. The summed E-state index contributed by atoms with van der Waals surface area (Å²) in [5.74, 6) is -0.677. The zero-order valence-electron chi connectivity index (χ0n) is 21.1. The van der Waals surface area contributed by atoms with E-state index in [0.29, 0.717) is 29.9 Å². The molecule has 8 nitrogen and oxygen atoms in total. The lowest BCUT2D eigenvalue weighted by Crippen LogP contribution is -2.35. The third-order valence-electron chi connectivity index (χ3n) is 6.43. The van der Waals surface area contributed by atoms with E-state index in [4.69, 9.17) is 10.5 Å². The number of amides is 3. The molecule has 3 aromatic rings. The van der Waals surface area contributed by atoms with E-state index in [-0.39, 0.29) is 12.5 Å². The van der Waals surface area contributed by atoms with Gasteiger partial charge in [0.2, 0.25) is 11.8 Å². The van der Waals surface area contributed by atoms with Crippen molar-refractivity contribution in [3.8, 4) is 0 Å². The largest absolute Gasteiger partial charge is 0.449 e. The second-order valence-corrected chi connectivity index (χ2v) is 10.9. The summed E-state index contributed by atoms with van der Waals surface area (Å²) in [6.45, 7) is 2.61. The standard InChI is InChI=1S/C28H29IN4O4S/c1-3-17-13-19-8-7-18(17)11-12-37-28(36)32-23-9-10-24(38-29)21(15-23)16-33(2)27(35)25(19)31-22-6-4-5-20(14-22)26(30)34/h4-10,13-15,25,31H,3,11-12,16H2,1-2H3,(H2,30,34)(H,32,36). The Morgan fingerprint density at radius 2 is 1.97 bits per heavy atom. The average molecular weight is 645 g/mol. The number of hydrogen-bond donors (Lipinski definition) is 3. The van der Waals surface area contributed by atoms with Crippen molar-refractivity contribution in [1.29, 1.82) is 0 Å². The molecule has 0 aromatic heterocycles. The third kappa shape index (κ3) is 6.60. The minimum atomic E-state index is -0.703. The Balaban J connectivity index is 1.77. The number of primary amides is 1. The molecular weight excluding hydrogens is 615 g/mol. The summed E-state index contributed by atoms with van der Waals surface area (Å²) in [6.07, 6.45) is 0.794. The summed E-state index contributed by atoms with van der Waals surface area (Å²) in [7, 11) is 3.30. The van der Waals surface area contributed by atoms with Crippen molar-refractivity contribution in [2.45, 2.75) is 37.2 Å². The van der Waals surface area contributed by atoms with Gasteiger partial charge in [-0.15, -0.1) is 0 Å². The van der Waals surface area contributed by atoms with Gasteiger partial charge in [-0.05, 0) is 65.1 Å². The van der Waals surface area contributed by atoms with Crippen LogP contribution in [0.2, 0.25) is 0 Å². The number of anilines is 2. The normalized spacial score (nSPS) is 16.1. The molecule has 198 valence electrons. The Morgan fingerprint density at radius 3 is 2.71 bits per heavy atom. The summed E-state index contributed by atoms with van der Waals surface area (Å²) in [6, 6.07) is 17.7. The maximum Gasteiger partial charge on any atom is 0.411 e. The number of fused-ring (bicyclic) bond motifs is 9. The van der Waals surface area contributed by atoms with E-state index in [1.165, 1.54) is 0 Å². The maximum atomic E-state index is 14.0. The summed E-state index contributed by atoms with van der Waals surface area (Å²) < 4.78 is 5.45. The van der Waals surface area contributed by atoms with Gasteiger partial charge in [0.05, 0.1) is 6.61 Å². The van der Waals surface area contributed by atoms with Crippen LogP contribution in [0.4, 0.5) is 16.2 Å². The molecule has 10 heteroatoms. The number of halogens is 1. The van der Waals surface area contributed by atoms with E-state index < -0.39 is 18.0 Å². The second kappa shape index (κ2) is 12.5. The van der Waals surface area contributed by atoms with Gasteiger partial charge in [0, 0.05) is 63.1 Å². The molecule has 0 fully saturated rings. The zero-order valence-corrected chi connectivity index (χ0v) is 24.1. The summed E-state index contributed by atoms with van der Waals surface area (Å²) in [4.78, 5) is 40.8. The molecule has 1 atom stereocenters. The number of likely N-dealkylation sites (N-methyl/N-ethyl adjacent to an activating group) is 1.